The maximum absolute atomic E-state index is 13.4. The average Bonchev–Trinajstić information content (AvgIpc) is 3.00. The van der Waals surface area contributed by atoms with Gasteiger partial charge in [-0.1, -0.05) is 66.7 Å². The number of pyridine rings is 1. The Labute approximate surface area is 209 Å². The molecular weight excluding hydrogens is 464 g/mol. The highest BCUT2D eigenvalue weighted by Gasteiger charge is 2.33. The molecule has 0 unspecified atom stereocenters. The van der Waals surface area contributed by atoms with Crippen LogP contribution in [0.4, 0.5) is 5.82 Å². The molecule has 0 bridgehead atoms. The number of benzene rings is 1. The van der Waals surface area contributed by atoms with Crippen LogP contribution >= 0.6 is 24.0 Å². The summed E-state index contributed by atoms with van der Waals surface area (Å²) >= 11 is 6.82. The molecule has 2 aliphatic heterocycles. The molecule has 0 radical (unpaired) electrons. The van der Waals surface area contributed by atoms with Crippen molar-refractivity contribution in [3.05, 3.63) is 67.3 Å². The Hall–Kier alpha value is -2.89. The molecule has 1 aromatic heterocycles. The summed E-state index contributed by atoms with van der Waals surface area (Å²) < 4.78 is 2.08. The van der Waals surface area contributed by atoms with Gasteiger partial charge in [0.25, 0.3) is 11.5 Å². The monoisotopic (exact) mass is 492 g/mol. The number of rotatable bonds is 4. The predicted molar refractivity (Wildman–Crippen MR) is 142 cm³/mol. The van der Waals surface area contributed by atoms with E-state index in [9.17, 15) is 14.9 Å². The first-order valence-electron chi connectivity index (χ1n) is 11.5. The van der Waals surface area contributed by atoms with Gasteiger partial charge in [-0.2, -0.15) is 5.26 Å². The molecule has 176 valence electrons. The maximum atomic E-state index is 13.4. The van der Waals surface area contributed by atoms with E-state index in [-0.39, 0.29) is 17.0 Å². The molecule has 34 heavy (non-hydrogen) atoms. The van der Waals surface area contributed by atoms with Crippen LogP contribution in [0.25, 0.3) is 6.08 Å². The van der Waals surface area contributed by atoms with Crippen molar-refractivity contribution in [2.45, 2.75) is 46.1 Å². The molecule has 0 N–H and O–H groups in total. The number of aryl methyl sites for hydroxylation is 1. The van der Waals surface area contributed by atoms with Crippen molar-refractivity contribution >= 4 is 46.1 Å². The summed E-state index contributed by atoms with van der Waals surface area (Å²) in [6.45, 7) is 5.91. The minimum atomic E-state index is -0.302. The van der Waals surface area contributed by atoms with E-state index in [4.69, 9.17) is 12.2 Å². The summed E-state index contributed by atoms with van der Waals surface area (Å²) in [5, 5.41) is 9.68. The number of amides is 1. The van der Waals surface area contributed by atoms with Crippen molar-refractivity contribution in [3.63, 3.8) is 0 Å². The van der Waals surface area contributed by atoms with Gasteiger partial charge in [0.15, 0.2) is 0 Å². The van der Waals surface area contributed by atoms with E-state index in [2.05, 4.69) is 11.0 Å². The number of nitrogens with zero attached hydrogens (tertiary/aromatic N) is 4. The van der Waals surface area contributed by atoms with Crippen LogP contribution in [0.3, 0.4) is 0 Å². The van der Waals surface area contributed by atoms with Gasteiger partial charge < -0.3 is 4.90 Å². The molecule has 0 saturated carbocycles. The van der Waals surface area contributed by atoms with Gasteiger partial charge in [-0.05, 0) is 43.9 Å². The third kappa shape index (κ3) is 4.68. The predicted octanol–water partition coefficient (Wildman–Crippen LogP) is 4.66. The van der Waals surface area contributed by atoms with E-state index in [1.165, 1.54) is 11.8 Å². The number of anilines is 1. The molecule has 0 aliphatic carbocycles. The Morgan fingerprint density at radius 2 is 1.74 bits per heavy atom. The van der Waals surface area contributed by atoms with E-state index in [0.717, 1.165) is 61.3 Å². The molecule has 1 amide bonds. The number of aromatic nitrogens is 1. The summed E-state index contributed by atoms with van der Waals surface area (Å²) in [7, 11) is 1.71. The Bertz CT molecular complexity index is 1260. The van der Waals surface area contributed by atoms with Crippen molar-refractivity contribution in [3.8, 4) is 6.07 Å². The van der Waals surface area contributed by atoms with Crippen molar-refractivity contribution in [1.29, 1.82) is 5.26 Å². The maximum Gasteiger partial charge on any atom is 0.270 e. The largest absolute Gasteiger partial charge is 0.357 e. The molecule has 2 aromatic rings. The van der Waals surface area contributed by atoms with Crippen molar-refractivity contribution in [2.24, 2.45) is 7.05 Å². The fourth-order valence-corrected chi connectivity index (χ4v) is 5.76. The molecule has 3 heterocycles. The highest BCUT2D eigenvalue weighted by molar-refractivity contribution is 8.26. The van der Waals surface area contributed by atoms with Gasteiger partial charge in [0.2, 0.25) is 0 Å². The smallest absolute Gasteiger partial charge is 0.270 e. The molecule has 1 aromatic carbocycles. The van der Waals surface area contributed by atoms with Gasteiger partial charge in [0.05, 0.1) is 11.4 Å². The quantitative estimate of drug-likeness (QED) is 0.457. The first-order valence-corrected chi connectivity index (χ1v) is 12.7. The fraction of sp³-hybridized carbons (Fsp3) is 0.385. The lowest BCUT2D eigenvalue weighted by Crippen LogP contribution is -2.34. The second-order valence-corrected chi connectivity index (χ2v) is 10.5. The molecule has 2 fully saturated rings. The van der Waals surface area contributed by atoms with Crippen LogP contribution in [0.2, 0.25) is 0 Å². The van der Waals surface area contributed by atoms with Gasteiger partial charge >= 0.3 is 0 Å². The summed E-state index contributed by atoms with van der Waals surface area (Å²) in [6, 6.07) is 10.1. The lowest BCUT2D eigenvalue weighted by atomic mass is 10.0. The van der Waals surface area contributed by atoms with Gasteiger partial charge in [0.1, 0.15) is 21.8 Å². The summed E-state index contributed by atoms with van der Waals surface area (Å²) in [5.41, 5.74) is 3.34. The van der Waals surface area contributed by atoms with E-state index in [1.54, 1.807) is 23.4 Å². The van der Waals surface area contributed by atoms with Crippen LogP contribution in [0.15, 0.2) is 34.0 Å². The highest BCUT2D eigenvalue weighted by Crippen LogP contribution is 2.36. The zero-order valence-corrected chi connectivity index (χ0v) is 21.4. The van der Waals surface area contributed by atoms with E-state index < -0.39 is 0 Å². The standard InChI is InChI=1S/C26H28N4O2S2/c1-17-8-10-19(11-9-17)16-30-25(32)22(34-26(30)33)14-20-18(2)21(15-27)24(31)28(3)23(20)29-12-6-4-5-7-13-29/h8-11,14H,4-7,12-13,16H2,1-3H3. The number of hydrogen-bond donors (Lipinski definition) is 0. The Balaban J connectivity index is 1.77. The number of thiocarbonyl (C=S) groups is 1. The van der Waals surface area contributed by atoms with E-state index in [0.29, 0.717) is 21.3 Å². The molecule has 6 nitrogen and oxygen atoms in total. The molecule has 8 heteroatoms. The third-order valence-corrected chi connectivity index (χ3v) is 7.86. The van der Waals surface area contributed by atoms with Crippen molar-refractivity contribution < 1.29 is 4.79 Å². The fourth-order valence-electron chi connectivity index (χ4n) is 4.52. The third-order valence-electron chi connectivity index (χ3n) is 6.48. The summed E-state index contributed by atoms with van der Waals surface area (Å²) in [6.07, 6.45) is 6.24. The molecule has 2 aliphatic rings. The summed E-state index contributed by atoms with van der Waals surface area (Å²) in [4.78, 5) is 30.7. The minimum absolute atomic E-state index is 0.113. The lowest BCUT2D eigenvalue weighted by Gasteiger charge is -2.28. The Morgan fingerprint density at radius 1 is 1.09 bits per heavy atom. The zero-order chi connectivity index (χ0) is 24.4. The SMILES string of the molecule is Cc1ccc(CN2C(=O)C(=Cc3c(C)c(C#N)c(=O)n(C)c3N3CCCCCC3)SC2=S)cc1. The second kappa shape index (κ2) is 10.2. The van der Waals surface area contributed by atoms with Crippen LogP contribution in [0.5, 0.6) is 0 Å². The molecule has 4 rings (SSSR count). The van der Waals surface area contributed by atoms with Gasteiger partial charge in [-0.3, -0.25) is 19.1 Å². The van der Waals surface area contributed by atoms with Crippen LogP contribution in [-0.4, -0.2) is 32.8 Å². The Kier molecular flexibility index (Phi) is 7.24. The number of hydrogen-bond acceptors (Lipinski definition) is 6. The summed E-state index contributed by atoms with van der Waals surface area (Å²) in [5.74, 6) is 0.622. The van der Waals surface area contributed by atoms with E-state index >= 15 is 0 Å². The van der Waals surface area contributed by atoms with Crippen molar-refractivity contribution in [2.75, 3.05) is 18.0 Å². The number of carbonyl (C=O) groups excluding carboxylic acids is 1. The highest BCUT2D eigenvalue weighted by atomic mass is 32.2. The zero-order valence-electron chi connectivity index (χ0n) is 19.8. The molecule has 0 atom stereocenters. The first-order chi connectivity index (χ1) is 16.3. The normalized spacial score (nSPS) is 17.9. The number of thioether (sulfide) groups is 1. The number of nitriles is 1. The van der Waals surface area contributed by atoms with E-state index in [1.807, 2.05) is 37.3 Å². The Morgan fingerprint density at radius 3 is 2.35 bits per heavy atom. The van der Waals surface area contributed by atoms with Gasteiger partial charge in [-0.15, -0.1) is 0 Å². The molecule has 2 saturated heterocycles. The van der Waals surface area contributed by atoms with Crippen LogP contribution in [-0.2, 0) is 18.4 Å². The topological polar surface area (TPSA) is 69.3 Å². The van der Waals surface area contributed by atoms with Gasteiger partial charge in [0, 0.05) is 25.7 Å². The van der Waals surface area contributed by atoms with Gasteiger partial charge in [-0.25, -0.2) is 0 Å². The van der Waals surface area contributed by atoms with Crippen LogP contribution in [0.1, 0.15) is 53.5 Å². The molecule has 0 spiro atoms. The number of carbonyl (C=O) groups is 1. The molecular formula is C26H28N4O2S2. The van der Waals surface area contributed by atoms with Crippen LogP contribution in [0, 0.1) is 25.2 Å². The first kappa shape index (κ1) is 24.2. The minimum Gasteiger partial charge on any atom is -0.357 e. The van der Waals surface area contributed by atoms with Crippen LogP contribution < -0.4 is 10.5 Å². The lowest BCUT2D eigenvalue weighted by molar-refractivity contribution is -0.122. The second-order valence-electron chi connectivity index (χ2n) is 8.87. The average molecular weight is 493 g/mol. The van der Waals surface area contributed by atoms with Crippen molar-refractivity contribution in [1.82, 2.24) is 9.47 Å².